The number of aryl methyl sites for hydroxylation is 2. The number of hydrogen-bond acceptors (Lipinski definition) is 5. The Morgan fingerprint density at radius 3 is 2.73 bits per heavy atom. The van der Waals surface area contributed by atoms with Gasteiger partial charge in [0, 0.05) is 13.1 Å². The lowest BCUT2D eigenvalue weighted by molar-refractivity contribution is -0.129. The van der Waals surface area contributed by atoms with Crippen molar-refractivity contribution in [3.05, 3.63) is 51.1 Å². The third-order valence-electron chi connectivity index (χ3n) is 5.88. The van der Waals surface area contributed by atoms with Crippen molar-refractivity contribution in [2.75, 3.05) is 12.8 Å². The monoisotopic (exact) mass is 441 g/mol. The Labute approximate surface area is 185 Å². The zero-order chi connectivity index (χ0) is 21.3. The molecule has 1 amide bonds. The molecule has 1 aromatic carbocycles. The van der Waals surface area contributed by atoms with E-state index in [9.17, 15) is 9.59 Å². The predicted octanol–water partition coefficient (Wildman–Crippen LogP) is 4.95. The van der Waals surface area contributed by atoms with E-state index in [0.29, 0.717) is 21.4 Å². The molecule has 1 aliphatic rings. The minimum atomic E-state index is -0.0717. The molecule has 0 spiro atoms. The summed E-state index contributed by atoms with van der Waals surface area (Å²) in [6.07, 6.45) is 5.81. The van der Waals surface area contributed by atoms with E-state index in [0.717, 1.165) is 29.7 Å². The molecule has 1 fully saturated rings. The second-order valence-corrected chi connectivity index (χ2v) is 9.90. The van der Waals surface area contributed by atoms with Crippen molar-refractivity contribution < 1.29 is 4.79 Å². The SMILES string of the molecule is Cc1ccc(-n2c(SCC(=O)N(C)C3CCCCC3)nc3ccsc3c2=O)c(C)c1. The van der Waals surface area contributed by atoms with Gasteiger partial charge in [-0.1, -0.05) is 48.7 Å². The zero-order valence-electron chi connectivity index (χ0n) is 17.7. The number of hydrogen-bond donors (Lipinski definition) is 0. The number of fused-ring (bicyclic) bond motifs is 1. The van der Waals surface area contributed by atoms with Crippen LogP contribution in [0.3, 0.4) is 0 Å². The summed E-state index contributed by atoms with van der Waals surface area (Å²) in [6, 6.07) is 8.24. The molecule has 0 N–H and O–H groups in total. The minimum Gasteiger partial charge on any atom is -0.342 e. The van der Waals surface area contributed by atoms with Gasteiger partial charge in [0.2, 0.25) is 5.91 Å². The number of rotatable bonds is 5. The van der Waals surface area contributed by atoms with Crippen molar-refractivity contribution in [3.8, 4) is 5.69 Å². The van der Waals surface area contributed by atoms with Crippen LogP contribution in [0.15, 0.2) is 39.6 Å². The smallest absolute Gasteiger partial charge is 0.276 e. The topological polar surface area (TPSA) is 55.2 Å². The van der Waals surface area contributed by atoms with Crippen molar-refractivity contribution >= 4 is 39.2 Å². The average molecular weight is 442 g/mol. The Morgan fingerprint density at radius 1 is 1.23 bits per heavy atom. The molecule has 0 atom stereocenters. The molecule has 0 saturated heterocycles. The van der Waals surface area contributed by atoms with E-state index in [1.54, 1.807) is 4.57 Å². The molecule has 1 saturated carbocycles. The lowest BCUT2D eigenvalue weighted by Crippen LogP contribution is -2.39. The van der Waals surface area contributed by atoms with Crippen LogP contribution in [0.5, 0.6) is 0 Å². The van der Waals surface area contributed by atoms with Gasteiger partial charge in [0.15, 0.2) is 5.16 Å². The Kier molecular flexibility index (Phi) is 6.29. The number of aromatic nitrogens is 2. The maximum Gasteiger partial charge on any atom is 0.276 e. The molecular weight excluding hydrogens is 414 g/mol. The first-order valence-corrected chi connectivity index (χ1v) is 12.3. The Morgan fingerprint density at radius 2 is 2.00 bits per heavy atom. The summed E-state index contributed by atoms with van der Waals surface area (Å²) in [7, 11) is 1.91. The number of thiophene rings is 1. The quantitative estimate of drug-likeness (QED) is 0.415. The highest BCUT2D eigenvalue weighted by molar-refractivity contribution is 7.99. The highest BCUT2D eigenvalue weighted by atomic mass is 32.2. The summed E-state index contributed by atoms with van der Waals surface area (Å²) in [6.45, 7) is 4.04. The molecule has 3 aromatic rings. The van der Waals surface area contributed by atoms with E-state index in [-0.39, 0.29) is 17.2 Å². The van der Waals surface area contributed by atoms with Gasteiger partial charge >= 0.3 is 0 Å². The number of carbonyl (C=O) groups excluding carboxylic acids is 1. The number of nitrogens with zero attached hydrogens (tertiary/aromatic N) is 3. The number of carbonyl (C=O) groups is 1. The first-order chi connectivity index (χ1) is 14.5. The average Bonchev–Trinajstić information content (AvgIpc) is 3.22. The summed E-state index contributed by atoms with van der Waals surface area (Å²) >= 11 is 2.76. The summed E-state index contributed by atoms with van der Waals surface area (Å²) in [5.41, 5.74) is 3.61. The van der Waals surface area contributed by atoms with Crippen molar-refractivity contribution in [2.45, 2.75) is 57.1 Å². The molecule has 2 heterocycles. The first-order valence-electron chi connectivity index (χ1n) is 10.4. The van der Waals surface area contributed by atoms with E-state index in [1.165, 1.54) is 42.4 Å². The van der Waals surface area contributed by atoms with Crippen LogP contribution in [-0.2, 0) is 4.79 Å². The Bertz CT molecular complexity index is 1130. The second kappa shape index (κ2) is 8.94. The van der Waals surface area contributed by atoms with E-state index >= 15 is 0 Å². The molecule has 2 aromatic heterocycles. The maximum absolute atomic E-state index is 13.3. The number of amides is 1. The molecule has 5 nitrogen and oxygen atoms in total. The Hall–Kier alpha value is -2.12. The minimum absolute atomic E-state index is 0.0717. The van der Waals surface area contributed by atoms with Crippen molar-refractivity contribution in [2.24, 2.45) is 0 Å². The summed E-state index contributed by atoms with van der Waals surface area (Å²) < 4.78 is 2.32. The summed E-state index contributed by atoms with van der Waals surface area (Å²) in [5, 5.41) is 2.46. The summed E-state index contributed by atoms with van der Waals surface area (Å²) in [4.78, 5) is 32.8. The van der Waals surface area contributed by atoms with Gasteiger partial charge in [-0.3, -0.25) is 14.2 Å². The highest BCUT2D eigenvalue weighted by Crippen LogP contribution is 2.27. The fourth-order valence-electron chi connectivity index (χ4n) is 4.16. The molecular formula is C23H27N3O2S2. The second-order valence-electron chi connectivity index (χ2n) is 8.04. The molecule has 30 heavy (non-hydrogen) atoms. The van der Waals surface area contributed by atoms with Gasteiger partial charge in [-0.25, -0.2) is 4.98 Å². The molecule has 4 rings (SSSR count). The maximum atomic E-state index is 13.3. The predicted molar refractivity (Wildman–Crippen MR) is 125 cm³/mol. The largest absolute Gasteiger partial charge is 0.342 e. The van der Waals surface area contributed by atoms with Crippen LogP contribution < -0.4 is 5.56 Å². The summed E-state index contributed by atoms with van der Waals surface area (Å²) in [5.74, 6) is 0.374. The van der Waals surface area contributed by atoms with E-state index in [2.05, 4.69) is 6.07 Å². The lowest BCUT2D eigenvalue weighted by Gasteiger charge is -2.31. The van der Waals surface area contributed by atoms with Crippen LogP contribution in [0.1, 0.15) is 43.2 Å². The van der Waals surface area contributed by atoms with E-state index < -0.39 is 0 Å². The fraction of sp³-hybridized carbons (Fsp3) is 0.435. The van der Waals surface area contributed by atoms with E-state index in [4.69, 9.17) is 4.98 Å². The van der Waals surface area contributed by atoms with Crippen molar-refractivity contribution in [1.29, 1.82) is 0 Å². The van der Waals surface area contributed by atoms with Gasteiger partial charge in [0.1, 0.15) is 4.70 Å². The molecule has 1 aliphatic carbocycles. The van der Waals surface area contributed by atoms with Gasteiger partial charge < -0.3 is 4.90 Å². The van der Waals surface area contributed by atoms with Crippen LogP contribution in [0.2, 0.25) is 0 Å². The van der Waals surface area contributed by atoms with Gasteiger partial charge in [0.05, 0.1) is 17.0 Å². The molecule has 0 bridgehead atoms. The number of benzene rings is 1. The Balaban J connectivity index is 1.66. The van der Waals surface area contributed by atoms with Crippen LogP contribution in [0.4, 0.5) is 0 Å². The van der Waals surface area contributed by atoms with Crippen LogP contribution in [0, 0.1) is 13.8 Å². The molecule has 0 radical (unpaired) electrons. The third-order valence-corrected chi connectivity index (χ3v) is 7.70. The van der Waals surface area contributed by atoms with Gasteiger partial charge in [-0.05, 0) is 49.8 Å². The van der Waals surface area contributed by atoms with Crippen LogP contribution in [0.25, 0.3) is 15.9 Å². The molecule has 7 heteroatoms. The molecule has 158 valence electrons. The number of thioether (sulfide) groups is 1. The highest BCUT2D eigenvalue weighted by Gasteiger charge is 2.23. The normalized spacial score (nSPS) is 14.9. The van der Waals surface area contributed by atoms with Crippen LogP contribution >= 0.6 is 23.1 Å². The van der Waals surface area contributed by atoms with Crippen LogP contribution in [-0.4, -0.2) is 39.2 Å². The van der Waals surface area contributed by atoms with Gasteiger partial charge in [-0.2, -0.15) is 0 Å². The first kappa shape index (κ1) is 21.1. The van der Waals surface area contributed by atoms with Crippen molar-refractivity contribution in [1.82, 2.24) is 14.5 Å². The van der Waals surface area contributed by atoms with Gasteiger partial charge in [0.25, 0.3) is 5.56 Å². The van der Waals surface area contributed by atoms with Gasteiger partial charge in [-0.15, -0.1) is 11.3 Å². The standard InChI is InChI=1S/C23H27N3O2S2/c1-15-9-10-19(16(2)13-15)26-22(28)21-18(11-12-29-21)24-23(26)30-14-20(27)25(3)17-7-5-4-6-8-17/h9-13,17H,4-8,14H2,1-3H3. The van der Waals surface area contributed by atoms with Crippen molar-refractivity contribution in [3.63, 3.8) is 0 Å². The fourth-order valence-corrected chi connectivity index (χ4v) is 5.85. The zero-order valence-corrected chi connectivity index (χ0v) is 19.3. The molecule has 0 aliphatic heterocycles. The third kappa shape index (κ3) is 4.18. The van der Waals surface area contributed by atoms with E-state index in [1.807, 2.05) is 49.4 Å². The molecule has 0 unspecified atom stereocenters. The lowest BCUT2D eigenvalue weighted by atomic mass is 9.94.